The number of nitrogens with one attached hydrogen (secondary N) is 2. The molecule has 1 amide bonds. The molecule has 0 bridgehead atoms. The molecule has 2 N–H and O–H groups in total. The Morgan fingerprint density at radius 3 is 2.45 bits per heavy atom. The summed E-state index contributed by atoms with van der Waals surface area (Å²) in [5, 5.41) is 6.84. The van der Waals surface area contributed by atoms with E-state index >= 15 is 0 Å². The van der Waals surface area contributed by atoms with Crippen molar-refractivity contribution >= 4 is 15.9 Å². The number of benzene rings is 1. The van der Waals surface area contributed by atoms with Crippen LogP contribution in [0.3, 0.4) is 0 Å². The van der Waals surface area contributed by atoms with Crippen LogP contribution in [0.4, 0.5) is 0 Å². The molecule has 1 aromatic carbocycles. The Balaban J connectivity index is 2.21. The van der Waals surface area contributed by atoms with E-state index in [1.165, 1.54) is 24.2 Å². The second-order valence-electron chi connectivity index (χ2n) is 7.63. The molecule has 2 rings (SSSR count). The molecule has 0 aliphatic rings. The fourth-order valence-electron chi connectivity index (χ4n) is 2.97. The molecule has 0 saturated heterocycles. The van der Waals surface area contributed by atoms with E-state index in [4.69, 9.17) is 4.74 Å². The first-order valence-electron chi connectivity index (χ1n) is 9.47. The van der Waals surface area contributed by atoms with Gasteiger partial charge < -0.3 is 10.1 Å². The predicted octanol–water partition coefficient (Wildman–Crippen LogP) is 2.01. The minimum Gasteiger partial charge on any atom is -0.371 e. The van der Waals surface area contributed by atoms with Crippen LogP contribution < -0.4 is 10.0 Å². The lowest BCUT2D eigenvalue weighted by Gasteiger charge is -2.32. The second-order valence-corrected chi connectivity index (χ2v) is 9.40. The van der Waals surface area contributed by atoms with E-state index in [0.717, 1.165) is 12.0 Å². The largest absolute Gasteiger partial charge is 0.371 e. The van der Waals surface area contributed by atoms with Gasteiger partial charge in [-0.15, -0.1) is 0 Å². The van der Waals surface area contributed by atoms with Gasteiger partial charge in [-0.1, -0.05) is 51.1 Å². The molecule has 0 fully saturated rings. The monoisotopic (exact) mass is 422 g/mol. The van der Waals surface area contributed by atoms with E-state index in [1.807, 2.05) is 51.1 Å². The lowest BCUT2D eigenvalue weighted by Crippen LogP contribution is -2.48. The summed E-state index contributed by atoms with van der Waals surface area (Å²) < 4.78 is 34.6. The van der Waals surface area contributed by atoms with Crippen LogP contribution in [0, 0.1) is 5.41 Å². The molecule has 1 heterocycles. The zero-order valence-corrected chi connectivity index (χ0v) is 18.4. The van der Waals surface area contributed by atoms with Gasteiger partial charge in [0, 0.05) is 26.9 Å². The number of sulfonamides is 1. The first kappa shape index (κ1) is 23.1. The van der Waals surface area contributed by atoms with Gasteiger partial charge in [0.15, 0.2) is 0 Å². The van der Waals surface area contributed by atoms with E-state index in [1.54, 1.807) is 7.05 Å². The van der Waals surface area contributed by atoms with Gasteiger partial charge in [-0.3, -0.25) is 9.48 Å². The zero-order chi connectivity index (χ0) is 21.7. The standard InChI is InChI=1S/C20H30N4O4S/c1-6-20(2,3)18(28-5)19(25)23-17(15-10-8-7-9-11-15)13-22-29(26,27)16-12-21-24(4)14-16/h7-12,14,17-18,22H,6,13H2,1-5H3,(H,23,25). The van der Waals surface area contributed by atoms with Gasteiger partial charge in [0.2, 0.25) is 15.9 Å². The molecule has 160 valence electrons. The lowest BCUT2D eigenvalue weighted by molar-refractivity contribution is -0.139. The number of nitrogens with zero attached hydrogens (tertiary/aromatic N) is 2. The molecular formula is C20H30N4O4S. The van der Waals surface area contributed by atoms with Crippen LogP contribution >= 0.6 is 0 Å². The maximum atomic E-state index is 12.9. The van der Waals surface area contributed by atoms with Gasteiger partial charge >= 0.3 is 0 Å². The maximum absolute atomic E-state index is 12.9. The van der Waals surface area contributed by atoms with Gasteiger partial charge in [-0.2, -0.15) is 5.10 Å². The molecule has 2 aromatic rings. The Morgan fingerprint density at radius 2 is 1.93 bits per heavy atom. The summed E-state index contributed by atoms with van der Waals surface area (Å²) in [4.78, 5) is 13.0. The van der Waals surface area contributed by atoms with E-state index in [9.17, 15) is 13.2 Å². The van der Waals surface area contributed by atoms with Crippen molar-refractivity contribution in [1.82, 2.24) is 19.8 Å². The van der Waals surface area contributed by atoms with Crippen molar-refractivity contribution in [2.75, 3.05) is 13.7 Å². The number of hydrogen-bond donors (Lipinski definition) is 2. The van der Waals surface area contributed by atoms with Crippen LogP contribution in [0.2, 0.25) is 0 Å². The summed E-state index contributed by atoms with van der Waals surface area (Å²) in [6.07, 6.45) is 2.79. The minimum absolute atomic E-state index is 0.00400. The van der Waals surface area contributed by atoms with Crippen LogP contribution in [0.25, 0.3) is 0 Å². The normalized spacial score (nSPS) is 14.4. The van der Waals surface area contributed by atoms with E-state index in [-0.39, 0.29) is 22.8 Å². The summed E-state index contributed by atoms with van der Waals surface area (Å²) in [5.41, 5.74) is 0.425. The highest BCUT2D eigenvalue weighted by atomic mass is 32.2. The molecule has 0 aliphatic carbocycles. The number of rotatable bonds is 10. The molecule has 2 unspecified atom stereocenters. The third kappa shape index (κ3) is 5.88. The molecule has 0 saturated carbocycles. The van der Waals surface area contributed by atoms with Crippen LogP contribution in [-0.2, 0) is 26.6 Å². The number of methoxy groups -OCH3 is 1. The number of aromatic nitrogens is 2. The van der Waals surface area contributed by atoms with Crippen molar-refractivity contribution in [3.63, 3.8) is 0 Å². The number of carbonyl (C=O) groups is 1. The molecule has 9 heteroatoms. The van der Waals surface area contributed by atoms with Crippen molar-refractivity contribution in [3.8, 4) is 0 Å². The molecule has 0 radical (unpaired) electrons. The lowest BCUT2D eigenvalue weighted by atomic mass is 9.83. The Morgan fingerprint density at radius 1 is 1.28 bits per heavy atom. The van der Waals surface area contributed by atoms with Crippen molar-refractivity contribution in [1.29, 1.82) is 0 Å². The van der Waals surface area contributed by atoms with Gasteiger partial charge in [-0.25, -0.2) is 13.1 Å². The highest BCUT2D eigenvalue weighted by molar-refractivity contribution is 7.89. The van der Waals surface area contributed by atoms with Gasteiger partial charge in [0.1, 0.15) is 11.0 Å². The fourth-order valence-corrected chi connectivity index (χ4v) is 4.00. The van der Waals surface area contributed by atoms with Gasteiger partial charge in [0.25, 0.3) is 0 Å². The average Bonchev–Trinajstić information content (AvgIpc) is 3.13. The summed E-state index contributed by atoms with van der Waals surface area (Å²) >= 11 is 0. The van der Waals surface area contributed by atoms with E-state index in [2.05, 4.69) is 15.1 Å². The third-order valence-corrected chi connectivity index (χ3v) is 6.46. The van der Waals surface area contributed by atoms with Gasteiger partial charge in [0.05, 0.1) is 12.2 Å². The van der Waals surface area contributed by atoms with Crippen molar-refractivity contribution in [3.05, 3.63) is 48.3 Å². The highest BCUT2D eigenvalue weighted by Crippen LogP contribution is 2.28. The number of amides is 1. The summed E-state index contributed by atoms with van der Waals surface area (Å²) in [6, 6.07) is 8.68. The molecule has 0 spiro atoms. The minimum atomic E-state index is -3.75. The predicted molar refractivity (Wildman–Crippen MR) is 111 cm³/mol. The maximum Gasteiger partial charge on any atom is 0.250 e. The molecule has 29 heavy (non-hydrogen) atoms. The SMILES string of the molecule is CCC(C)(C)C(OC)C(=O)NC(CNS(=O)(=O)c1cnn(C)c1)c1ccccc1. The molecule has 1 aromatic heterocycles. The quantitative estimate of drug-likeness (QED) is 0.610. The Kier molecular flexibility index (Phi) is 7.56. The Bertz CT molecular complexity index is 910. The smallest absolute Gasteiger partial charge is 0.250 e. The zero-order valence-electron chi connectivity index (χ0n) is 17.5. The van der Waals surface area contributed by atoms with E-state index in [0.29, 0.717) is 0 Å². The Labute approximate surface area is 172 Å². The van der Waals surface area contributed by atoms with Crippen LogP contribution in [0.15, 0.2) is 47.6 Å². The van der Waals surface area contributed by atoms with E-state index < -0.39 is 22.2 Å². The molecule has 2 atom stereocenters. The number of carbonyl (C=O) groups excluding carboxylic acids is 1. The first-order chi connectivity index (χ1) is 13.6. The number of ether oxygens (including phenoxy) is 1. The van der Waals surface area contributed by atoms with Crippen LogP contribution in [0.1, 0.15) is 38.8 Å². The summed E-state index contributed by atoms with van der Waals surface area (Å²) in [6.45, 7) is 5.92. The summed E-state index contributed by atoms with van der Waals surface area (Å²) in [5.74, 6) is -0.284. The fraction of sp³-hybridized carbons (Fsp3) is 0.500. The Hall–Kier alpha value is -2.23. The average molecular weight is 423 g/mol. The third-order valence-electron chi connectivity index (χ3n) is 5.08. The van der Waals surface area contributed by atoms with Crippen LogP contribution in [-0.4, -0.2) is 43.9 Å². The number of hydrogen-bond acceptors (Lipinski definition) is 5. The van der Waals surface area contributed by atoms with Crippen molar-refractivity contribution in [2.45, 2.75) is 44.2 Å². The van der Waals surface area contributed by atoms with Gasteiger partial charge in [-0.05, 0) is 17.4 Å². The second kappa shape index (κ2) is 9.51. The molecule has 0 aliphatic heterocycles. The molecular weight excluding hydrogens is 392 g/mol. The molecule has 8 nitrogen and oxygen atoms in total. The van der Waals surface area contributed by atoms with Crippen molar-refractivity contribution in [2.24, 2.45) is 12.5 Å². The topological polar surface area (TPSA) is 102 Å². The summed E-state index contributed by atoms with van der Waals surface area (Å²) in [7, 11) is -0.604. The number of aryl methyl sites for hydroxylation is 1. The highest BCUT2D eigenvalue weighted by Gasteiger charge is 2.35. The first-order valence-corrected chi connectivity index (χ1v) is 11.0. The van der Waals surface area contributed by atoms with Crippen LogP contribution in [0.5, 0.6) is 0 Å². The van der Waals surface area contributed by atoms with Crippen molar-refractivity contribution < 1.29 is 17.9 Å².